The second kappa shape index (κ2) is 8.76. The molecule has 30 heavy (non-hydrogen) atoms. The van der Waals surface area contributed by atoms with Gasteiger partial charge in [-0.2, -0.15) is 0 Å². The standard InChI is InChI=1S/C25H23NO3S/c1-17-12-13-20(18(2)14-17)25(28)29-15-24(27)26-21-10-6-7-11-23(21)30-16-22(26)19-8-4-3-5-9-19/h3-14,22H,15-16H2,1-2H3/t22-/m0/s1. The number of aryl methyl sites for hydroxylation is 2. The Bertz CT molecular complexity index is 1080. The molecule has 152 valence electrons. The average molecular weight is 418 g/mol. The maximum absolute atomic E-state index is 13.3. The van der Waals surface area contributed by atoms with E-state index in [1.54, 1.807) is 22.7 Å². The van der Waals surface area contributed by atoms with Gasteiger partial charge in [-0.25, -0.2) is 4.79 Å². The van der Waals surface area contributed by atoms with Crippen LogP contribution in [0.1, 0.15) is 33.1 Å². The number of amides is 1. The van der Waals surface area contributed by atoms with Gasteiger partial charge in [-0.15, -0.1) is 11.8 Å². The van der Waals surface area contributed by atoms with Crippen LogP contribution in [0.2, 0.25) is 0 Å². The van der Waals surface area contributed by atoms with E-state index < -0.39 is 5.97 Å². The number of benzene rings is 3. The molecule has 0 aliphatic carbocycles. The maximum atomic E-state index is 13.3. The maximum Gasteiger partial charge on any atom is 0.338 e. The first kappa shape index (κ1) is 20.2. The lowest BCUT2D eigenvalue weighted by Gasteiger charge is -2.37. The van der Waals surface area contributed by atoms with Gasteiger partial charge in [0, 0.05) is 10.6 Å². The summed E-state index contributed by atoms with van der Waals surface area (Å²) in [4.78, 5) is 28.7. The number of thioether (sulfide) groups is 1. The number of ether oxygens (including phenoxy) is 1. The number of para-hydroxylation sites is 1. The number of fused-ring (bicyclic) bond motifs is 1. The van der Waals surface area contributed by atoms with Crippen LogP contribution >= 0.6 is 11.8 Å². The molecular formula is C25H23NO3S. The van der Waals surface area contributed by atoms with Gasteiger partial charge in [0.1, 0.15) is 0 Å². The Morgan fingerprint density at radius 3 is 2.50 bits per heavy atom. The van der Waals surface area contributed by atoms with Crippen LogP contribution in [0.4, 0.5) is 5.69 Å². The molecule has 0 saturated carbocycles. The van der Waals surface area contributed by atoms with E-state index >= 15 is 0 Å². The highest BCUT2D eigenvalue weighted by Gasteiger charge is 2.33. The van der Waals surface area contributed by atoms with E-state index in [-0.39, 0.29) is 18.6 Å². The van der Waals surface area contributed by atoms with Crippen LogP contribution in [-0.4, -0.2) is 24.2 Å². The van der Waals surface area contributed by atoms with E-state index in [4.69, 9.17) is 4.74 Å². The van der Waals surface area contributed by atoms with E-state index in [1.807, 2.05) is 80.6 Å². The van der Waals surface area contributed by atoms with Crippen molar-refractivity contribution >= 4 is 29.3 Å². The van der Waals surface area contributed by atoms with Crippen molar-refractivity contribution in [3.8, 4) is 0 Å². The molecule has 3 aromatic rings. The topological polar surface area (TPSA) is 46.6 Å². The number of anilines is 1. The molecule has 1 aliphatic heterocycles. The fourth-order valence-corrected chi connectivity index (χ4v) is 4.90. The van der Waals surface area contributed by atoms with Crippen molar-refractivity contribution in [2.75, 3.05) is 17.3 Å². The molecular weight excluding hydrogens is 394 g/mol. The molecule has 0 saturated heterocycles. The van der Waals surface area contributed by atoms with Gasteiger partial charge in [-0.1, -0.05) is 60.2 Å². The predicted octanol–water partition coefficient (Wildman–Crippen LogP) is 5.34. The molecule has 1 aliphatic rings. The van der Waals surface area contributed by atoms with E-state index in [1.165, 1.54) is 0 Å². The average Bonchev–Trinajstić information content (AvgIpc) is 2.77. The number of esters is 1. The van der Waals surface area contributed by atoms with E-state index in [0.717, 1.165) is 33.0 Å². The van der Waals surface area contributed by atoms with Gasteiger partial charge in [-0.3, -0.25) is 9.69 Å². The van der Waals surface area contributed by atoms with Crippen molar-refractivity contribution in [2.24, 2.45) is 0 Å². The molecule has 1 atom stereocenters. The van der Waals surface area contributed by atoms with E-state index in [2.05, 4.69) is 0 Å². The smallest absolute Gasteiger partial charge is 0.338 e. The summed E-state index contributed by atoms with van der Waals surface area (Å²) in [5, 5.41) is 0. The highest BCUT2D eigenvalue weighted by Crippen LogP contribution is 2.43. The van der Waals surface area contributed by atoms with Crippen molar-refractivity contribution in [1.29, 1.82) is 0 Å². The van der Waals surface area contributed by atoms with Gasteiger partial charge >= 0.3 is 5.97 Å². The summed E-state index contributed by atoms with van der Waals surface area (Å²) >= 11 is 1.74. The van der Waals surface area contributed by atoms with Crippen LogP contribution in [0.5, 0.6) is 0 Å². The van der Waals surface area contributed by atoms with Gasteiger partial charge in [0.15, 0.2) is 6.61 Å². The minimum absolute atomic E-state index is 0.113. The molecule has 5 heteroatoms. The molecule has 0 unspecified atom stereocenters. The zero-order chi connectivity index (χ0) is 21.1. The number of rotatable bonds is 4. The van der Waals surface area contributed by atoms with E-state index in [0.29, 0.717) is 5.56 Å². The van der Waals surface area contributed by atoms with Crippen LogP contribution in [0.3, 0.4) is 0 Å². The van der Waals surface area contributed by atoms with Crippen molar-refractivity contribution in [2.45, 2.75) is 24.8 Å². The second-order valence-corrected chi connectivity index (χ2v) is 8.43. The molecule has 0 fully saturated rings. The van der Waals surface area contributed by atoms with Crippen LogP contribution in [0, 0.1) is 13.8 Å². The Balaban J connectivity index is 1.57. The molecule has 3 aromatic carbocycles. The molecule has 4 rings (SSSR count). The molecule has 0 N–H and O–H groups in total. The zero-order valence-electron chi connectivity index (χ0n) is 17.0. The van der Waals surface area contributed by atoms with Gasteiger partial charge in [0.25, 0.3) is 5.91 Å². The molecule has 4 nitrogen and oxygen atoms in total. The highest BCUT2D eigenvalue weighted by atomic mass is 32.2. The third kappa shape index (κ3) is 4.12. The Morgan fingerprint density at radius 1 is 1.00 bits per heavy atom. The summed E-state index contributed by atoms with van der Waals surface area (Å²) in [5.41, 5.74) is 4.33. The Kier molecular flexibility index (Phi) is 5.91. The summed E-state index contributed by atoms with van der Waals surface area (Å²) in [6, 6.07) is 23.3. The number of carbonyl (C=O) groups excluding carboxylic acids is 2. The van der Waals surface area contributed by atoms with Crippen LogP contribution in [0.25, 0.3) is 0 Å². The normalized spacial score (nSPS) is 15.4. The summed E-state index contributed by atoms with van der Waals surface area (Å²) in [5.74, 6) is 0.0455. The number of carbonyl (C=O) groups is 2. The van der Waals surface area contributed by atoms with E-state index in [9.17, 15) is 9.59 Å². The summed E-state index contributed by atoms with van der Waals surface area (Å²) in [7, 11) is 0. The molecule has 0 radical (unpaired) electrons. The van der Waals surface area contributed by atoms with Gasteiger partial charge in [0.05, 0.1) is 17.3 Å². The van der Waals surface area contributed by atoms with Crippen LogP contribution in [-0.2, 0) is 9.53 Å². The largest absolute Gasteiger partial charge is 0.452 e. The van der Waals surface area contributed by atoms with Crippen LogP contribution < -0.4 is 4.90 Å². The van der Waals surface area contributed by atoms with Crippen molar-refractivity contribution in [3.05, 3.63) is 95.1 Å². The SMILES string of the molecule is Cc1ccc(C(=O)OCC(=O)N2c3ccccc3SC[C@H]2c2ccccc2)c(C)c1. The quantitative estimate of drug-likeness (QED) is 0.538. The second-order valence-electron chi connectivity index (χ2n) is 7.36. The first-order valence-electron chi connectivity index (χ1n) is 9.88. The zero-order valence-corrected chi connectivity index (χ0v) is 17.8. The van der Waals surface area contributed by atoms with Crippen molar-refractivity contribution < 1.29 is 14.3 Å². The third-order valence-electron chi connectivity index (χ3n) is 5.21. The summed E-state index contributed by atoms with van der Waals surface area (Å²) in [6.07, 6.45) is 0. The lowest BCUT2D eigenvalue weighted by atomic mass is 10.1. The Morgan fingerprint density at radius 2 is 1.73 bits per heavy atom. The van der Waals surface area contributed by atoms with Crippen molar-refractivity contribution in [1.82, 2.24) is 0 Å². The molecule has 0 bridgehead atoms. The summed E-state index contributed by atoms with van der Waals surface area (Å²) < 4.78 is 5.43. The highest BCUT2D eigenvalue weighted by molar-refractivity contribution is 7.99. The first-order valence-corrected chi connectivity index (χ1v) is 10.9. The number of hydrogen-bond donors (Lipinski definition) is 0. The monoisotopic (exact) mass is 417 g/mol. The fourth-order valence-electron chi connectivity index (χ4n) is 3.74. The summed E-state index contributed by atoms with van der Waals surface area (Å²) in [6.45, 7) is 3.55. The van der Waals surface area contributed by atoms with Crippen LogP contribution in [0.15, 0.2) is 77.7 Å². The fraction of sp³-hybridized carbons (Fsp3) is 0.200. The third-order valence-corrected chi connectivity index (χ3v) is 6.35. The lowest BCUT2D eigenvalue weighted by molar-refractivity contribution is -0.122. The molecule has 0 spiro atoms. The molecule has 1 amide bonds. The minimum Gasteiger partial charge on any atom is -0.452 e. The number of hydrogen-bond acceptors (Lipinski definition) is 4. The van der Waals surface area contributed by atoms with Gasteiger partial charge < -0.3 is 4.74 Å². The molecule has 1 heterocycles. The van der Waals surface area contributed by atoms with Gasteiger partial charge in [0.2, 0.25) is 0 Å². The first-order chi connectivity index (χ1) is 14.5. The lowest BCUT2D eigenvalue weighted by Crippen LogP contribution is -2.41. The molecule has 0 aromatic heterocycles. The predicted molar refractivity (Wildman–Crippen MR) is 120 cm³/mol. The number of nitrogens with zero attached hydrogens (tertiary/aromatic N) is 1. The Hall–Kier alpha value is -3.05. The minimum atomic E-state index is -0.475. The Labute approximate surface area is 180 Å². The van der Waals surface area contributed by atoms with Gasteiger partial charge in [-0.05, 0) is 43.2 Å². The van der Waals surface area contributed by atoms with Crippen molar-refractivity contribution in [3.63, 3.8) is 0 Å².